The van der Waals surface area contributed by atoms with Gasteiger partial charge in [0, 0.05) is 17.6 Å². The summed E-state index contributed by atoms with van der Waals surface area (Å²) in [6, 6.07) is 14.2. The van der Waals surface area contributed by atoms with Crippen molar-refractivity contribution in [3.05, 3.63) is 65.9 Å². The molecular formula is C22H23F3N4O. The van der Waals surface area contributed by atoms with Crippen LogP contribution >= 0.6 is 0 Å². The molecule has 1 unspecified atom stereocenters. The van der Waals surface area contributed by atoms with Gasteiger partial charge in [-0.1, -0.05) is 26.0 Å². The van der Waals surface area contributed by atoms with Crippen LogP contribution in [0.4, 0.5) is 36.3 Å². The van der Waals surface area contributed by atoms with Crippen LogP contribution in [0.25, 0.3) is 0 Å². The molecule has 2 aromatic carbocycles. The van der Waals surface area contributed by atoms with Gasteiger partial charge in [0.25, 0.3) is 0 Å². The molecule has 8 heteroatoms. The Kier molecular flexibility index (Phi) is 6.44. The Hall–Kier alpha value is -3.29. The molecule has 0 spiro atoms. The van der Waals surface area contributed by atoms with E-state index in [2.05, 4.69) is 34.4 Å². The second-order valence-electron chi connectivity index (χ2n) is 6.86. The lowest BCUT2D eigenvalue weighted by atomic mass is 9.99. The fourth-order valence-electron chi connectivity index (χ4n) is 2.82. The molecule has 30 heavy (non-hydrogen) atoms. The van der Waals surface area contributed by atoms with Gasteiger partial charge in [0.1, 0.15) is 17.1 Å². The molecule has 3 aromatic rings. The molecule has 1 heterocycles. The zero-order valence-electron chi connectivity index (χ0n) is 16.9. The highest BCUT2D eigenvalue weighted by Gasteiger charge is 2.35. The summed E-state index contributed by atoms with van der Waals surface area (Å²) in [6.07, 6.45) is -2.83. The van der Waals surface area contributed by atoms with Gasteiger partial charge < -0.3 is 15.4 Å². The minimum atomic E-state index is -4.59. The summed E-state index contributed by atoms with van der Waals surface area (Å²) >= 11 is 0. The van der Waals surface area contributed by atoms with Gasteiger partial charge in [0.15, 0.2) is 0 Å². The number of alkyl halides is 3. The van der Waals surface area contributed by atoms with Crippen molar-refractivity contribution in [2.45, 2.75) is 32.4 Å². The van der Waals surface area contributed by atoms with Crippen LogP contribution in [-0.2, 0) is 6.18 Å². The first-order valence-corrected chi connectivity index (χ1v) is 9.52. The Labute approximate surface area is 173 Å². The van der Waals surface area contributed by atoms with Crippen molar-refractivity contribution in [3.8, 4) is 5.75 Å². The van der Waals surface area contributed by atoms with E-state index in [1.807, 2.05) is 12.1 Å². The third kappa shape index (κ3) is 5.20. The van der Waals surface area contributed by atoms with Crippen LogP contribution in [0.2, 0.25) is 0 Å². The topological polar surface area (TPSA) is 59.1 Å². The van der Waals surface area contributed by atoms with E-state index in [9.17, 15) is 13.2 Å². The summed E-state index contributed by atoms with van der Waals surface area (Å²) in [5, 5.41) is 5.68. The molecule has 5 nitrogen and oxygen atoms in total. The average molecular weight is 416 g/mol. The zero-order valence-corrected chi connectivity index (χ0v) is 16.9. The number of nitrogens with zero attached hydrogens (tertiary/aromatic N) is 2. The number of aromatic nitrogens is 2. The Morgan fingerprint density at radius 2 is 1.57 bits per heavy atom. The highest BCUT2D eigenvalue weighted by atomic mass is 19.4. The van der Waals surface area contributed by atoms with Crippen LogP contribution in [-0.4, -0.2) is 17.1 Å². The molecule has 1 aromatic heterocycles. The monoisotopic (exact) mass is 416 g/mol. The van der Waals surface area contributed by atoms with E-state index in [1.165, 1.54) is 0 Å². The molecule has 3 rings (SSSR count). The largest absolute Gasteiger partial charge is 0.497 e. The molecule has 0 fully saturated rings. The maximum atomic E-state index is 13.5. The number of methoxy groups -OCH3 is 1. The lowest BCUT2D eigenvalue weighted by molar-refractivity contribution is -0.137. The molecular weight excluding hydrogens is 393 g/mol. The summed E-state index contributed by atoms with van der Waals surface area (Å²) < 4.78 is 45.5. The van der Waals surface area contributed by atoms with Crippen LogP contribution < -0.4 is 15.4 Å². The molecule has 158 valence electrons. The maximum absolute atomic E-state index is 13.5. The van der Waals surface area contributed by atoms with Crippen LogP contribution in [0.5, 0.6) is 5.75 Å². The fraction of sp³-hybridized carbons (Fsp3) is 0.273. The molecule has 2 N–H and O–H groups in total. The smallest absolute Gasteiger partial charge is 0.421 e. The van der Waals surface area contributed by atoms with Gasteiger partial charge in [-0.15, -0.1) is 0 Å². The van der Waals surface area contributed by atoms with Gasteiger partial charge in [-0.05, 0) is 54.3 Å². The van der Waals surface area contributed by atoms with E-state index in [0.717, 1.165) is 18.2 Å². The van der Waals surface area contributed by atoms with Gasteiger partial charge in [-0.25, -0.2) is 4.98 Å². The molecule has 0 bridgehead atoms. The first-order chi connectivity index (χ1) is 14.3. The van der Waals surface area contributed by atoms with Crippen molar-refractivity contribution in [2.75, 3.05) is 17.7 Å². The molecule has 0 aliphatic heterocycles. The third-order valence-corrected chi connectivity index (χ3v) is 4.80. The summed E-state index contributed by atoms with van der Waals surface area (Å²) in [4.78, 5) is 7.88. The van der Waals surface area contributed by atoms with E-state index in [0.29, 0.717) is 23.0 Å². The lowest BCUT2D eigenvalue weighted by Gasteiger charge is -2.16. The minimum Gasteiger partial charge on any atom is -0.497 e. The van der Waals surface area contributed by atoms with E-state index in [1.54, 1.807) is 43.5 Å². The quantitative estimate of drug-likeness (QED) is 0.460. The SMILES string of the molecule is CCC(C)c1ccc(Nc2nc(Nc3ccc(OC)cc3)ncc2C(F)(F)F)cc1. The predicted molar refractivity (Wildman–Crippen MR) is 112 cm³/mol. The summed E-state index contributed by atoms with van der Waals surface area (Å²) in [5.41, 5.74) is 1.33. The number of nitrogens with one attached hydrogen (secondary N) is 2. The number of hydrogen-bond acceptors (Lipinski definition) is 5. The van der Waals surface area contributed by atoms with Crippen LogP contribution in [0.1, 0.15) is 37.3 Å². The Morgan fingerprint density at radius 3 is 2.13 bits per heavy atom. The minimum absolute atomic E-state index is 0.0480. The first-order valence-electron chi connectivity index (χ1n) is 9.52. The Morgan fingerprint density at radius 1 is 0.967 bits per heavy atom. The van der Waals surface area contributed by atoms with Crippen molar-refractivity contribution in [1.29, 1.82) is 0 Å². The van der Waals surface area contributed by atoms with Crippen LogP contribution in [0.3, 0.4) is 0 Å². The molecule has 0 amide bonds. The van der Waals surface area contributed by atoms with Gasteiger partial charge in [-0.2, -0.15) is 18.2 Å². The van der Waals surface area contributed by atoms with Gasteiger partial charge in [0.05, 0.1) is 7.11 Å². The molecule has 1 atom stereocenters. The normalized spacial score (nSPS) is 12.3. The van der Waals surface area contributed by atoms with Crippen molar-refractivity contribution < 1.29 is 17.9 Å². The number of halogens is 3. The second-order valence-corrected chi connectivity index (χ2v) is 6.86. The first kappa shape index (κ1) is 21.4. The zero-order chi connectivity index (χ0) is 21.7. The standard InChI is InChI=1S/C22H23F3N4O/c1-4-14(2)15-5-7-16(8-6-15)27-20-19(22(23,24)25)13-26-21(29-20)28-17-9-11-18(30-3)12-10-17/h5-14H,4H2,1-3H3,(H2,26,27,28,29). The van der Waals surface area contributed by atoms with Crippen molar-refractivity contribution >= 4 is 23.1 Å². The highest BCUT2D eigenvalue weighted by Crippen LogP contribution is 2.35. The lowest BCUT2D eigenvalue weighted by Crippen LogP contribution is -2.12. The van der Waals surface area contributed by atoms with Gasteiger partial charge in [-0.3, -0.25) is 0 Å². The number of rotatable bonds is 7. The number of hydrogen-bond donors (Lipinski definition) is 2. The van der Waals surface area contributed by atoms with Crippen LogP contribution in [0, 0.1) is 0 Å². The number of anilines is 4. The predicted octanol–water partition coefficient (Wildman–Crippen LogP) is 6.50. The van der Waals surface area contributed by atoms with Crippen molar-refractivity contribution in [1.82, 2.24) is 9.97 Å². The molecule has 0 radical (unpaired) electrons. The molecule has 0 aliphatic rings. The van der Waals surface area contributed by atoms with Crippen molar-refractivity contribution in [3.63, 3.8) is 0 Å². The summed E-state index contributed by atoms with van der Waals surface area (Å²) in [6.45, 7) is 4.19. The average Bonchev–Trinajstić information content (AvgIpc) is 2.73. The summed E-state index contributed by atoms with van der Waals surface area (Å²) in [7, 11) is 1.55. The van der Waals surface area contributed by atoms with E-state index < -0.39 is 11.7 Å². The highest BCUT2D eigenvalue weighted by molar-refractivity contribution is 5.63. The van der Waals surface area contributed by atoms with E-state index in [4.69, 9.17) is 4.74 Å². The summed E-state index contributed by atoms with van der Waals surface area (Å²) in [5.74, 6) is 0.776. The van der Waals surface area contributed by atoms with Crippen molar-refractivity contribution in [2.24, 2.45) is 0 Å². The number of benzene rings is 2. The van der Waals surface area contributed by atoms with Gasteiger partial charge in [0.2, 0.25) is 5.95 Å². The van der Waals surface area contributed by atoms with E-state index >= 15 is 0 Å². The Balaban J connectivity index is 1.87. The van der Waals surface area contributed by atoms with E-state index in [-0.39, 0.29) is 11.8 Å². The fourth-order valence-corrected chi connectivity index (χ4v) is 2.82. The third-order valence-electron chi connectivity index (χ3n) is 4.80. The maximum Gasteiger partial charge on any atom is 0.421 e. The molecule has 0 saturated carbocycles. The Bertz CT molecular complexity index is 973. The van der Waals surface area contributed by atoms with Crippen LogP contribution in [0.15, 0.2) is 54.7 Å². The molecule has 0 saturated heterocycles. The molecule has 0 aliphatic carbocycles. The van der Waals surface area contributed by atoms with Gasteiger partial charge >= 0.3 is 6.18 Å². The second kappa shape index (κ2) is 9.02. The number of ether oxygens (including phenoxy) is 1.